The first kappa shape index (κ1) is 17.5. The Morgan fingerprint density at radius 2 is 2.14 bits per heavy atom. The molecule has 0 bridgehead atoms. The topological polar surface area (TPSA) is 36.4 Å². The van der Waals surface area contributed by atoms with Gasteiger partial charge in [0.25, 0.3) is 5.91 Å². The molecule has 1 amide bonds. The first-order chi connectivity index (χ1) is 13.6. The lowest BCUT2D eigenvalue weighted by Crippen LogP contribution is -2.39. The molecular formula is C22H20FN3OS. The second-order valence-electron chi connectivity index (χ2n) is 7.65. The summed E-state index contributed by atoms with van der Waals surface area (Å²) in [5, 5.41) is 3.83. The Morgan fingerprint density at radius 3 is 2.96 bits per heavy atom. The Morgan fingerprint density at radius 1 is 1.21 bits per heavy atom. The number of hydrogen-bond donors (Lipinski definition) is 0. The highest BCUT2D eigenvalue weighted by Gasteiger charge is 2.49. The van der Waals surface area contributed by atoms with Crippen molar-refractivity contribution in [2.24, 2.45) is 0 Å². The van der Waals surface area contributed by atoms with Crippen LogP contribution in [0.25, 0.3) is 0 Å². The first-order valence-corrected chi connectivity index (χ1v) is 10.4. The van der Waals surface area contributed by atoms with Crippen molar-refractivity contribution in [3.05, 3.63) is 82.1 Å². The molecule has 5 rings (SSSR count). The normalized spacial score (nSPS) is 21.4. The minimum absolute atomic E-state index is 0.0379. The average Bonchev–Trinajstić information content (AvgIpc) is 3.43. The second-order valence-corrected chi connectivity index (χ2v) is 8.43. The Kier molecular flexibility index (Phi) is 4.25. The molecule has 0 aliphatic carbocycles. The molecule has 1 aromatic carbocycles. The van der Waals surface area contributed by atoms with Gasteiger partial charge in [-0.1, -0.05) is 12.1 Å². The number of halogens is 1. The minimum atomic E-state index is -0.202. The van der Waals surface area contributed by atoms with Crippen molar-refractivity contribution in [2.45, 2.75) is 18.4 Å². The molecule has 0 saturated carbocycles. The van der Waals surface area contributed by atoms with Crippen molar-refractivity contribution >= 4 is 22.9 Å². The number of likely N-dealkylation sites (tertiary alicyclic amines) is 1. The highest BCUT2D eigenvalue weighted by Crippen LogP contribution is 2.45. The van der Waals surface area contributed by atoms with Crippen molar-refractivity contribution in [3.63, 3.8) is 0 Å². The summed E-state index contributed by atoms with van der Waals surface area (Å²) in [5.41, 5.74) is 3.48. The van der Waals surface area contributed by atoms with E-state index in [0.29, 0.717) is 13.1 Å². The van der Waals surface area contributed by atoms with Crippen molar-refractivity contribution in [1.29, 1.82) is 0 Å². The van der Waals surface area contributed by atoms with E-state index in [9.17, 15) is 9.18 Å². The number of benzene rings is 1. The van der Waals surface area contributed by atoms with Crippen molar-refractivity contribution in [1.82, 2.24) is 9.88 Å². The van der Waals surface area contributed by atoms with E-state index in [2.05, 4.69) is 9.88 Å². The lowest BCUT2D eigenvalue weighted by Gasteiger charge is -2.25. The summed E-state index contributed by atoms with van der Waals surface area (Å²) in [6.07, 6.45) is 2.76. The SMILES string of the molecule is O=C(c1ccsc1)N1C[C@]2(CCN(Cc3cccc(F)c3)C2)c2ncccc21. The maximum absolute atomic E-state index is 13.5. The maximum atomic E-state index is 13.5. The molecule has 3 aromatic rings. The number of fused-ring (bicyclic) bond motifs is 2. The van der Waals surface area contributed by atoms with Gasteiger partial charge in [0.05, 0.1) is 16.9 Å². The van der Waals surface area contributed by atoms with E-state index in [4.69, 9.17) is 0 Å². The summed E-state index contributed by atoms with van der Waals surface area (Å²) in [6, 6.07) is 12.5. The van der Waals surface area contributed by atoms with Crippen LogP contribution in [0.1, 0.15) is 28.0 Å². The van der Waals surface area contributed by atoms with E-state index in [0.717, 1.165) is 42.0 Å². The molecule has 0 N–H and O–H groups in total. The standard InChI is InChI=1S/C22H20FN3OS/c23-18-4-1-3-16(11-18)12-25-9-7-22(14-25)15-26(19-5-2-8-24-20(19)22)21(27)17-6-10-28-13-17/h1-6,8,10-11,13H,7,9,12,14-15H2/t22-/m1/s1. The summed E-state index contributed by atoms with van der Waals surface area (Å²) in [7, 11) is 0. The molecule has 28 heavy (non-hydrogen) atoms. The van der Waals surface area contributed by atoms with E-state index in [-0.39, 0.29) is 17.1 Å². The molecule has 2 aliphatic heterocycles. The van der Waals surface area contributed by atoms with Gasteiger partial charge in [-0.05, 0) is 54.2 Å². The van der Waals surface area contributed by atoms with Gasteiger partial charge in [-0.25, -0.2) is 4.39 Å². The zero-order chi connectivity index (χ0) is 19.1. The van der Waals surface area contributed by atoms with E-state index in [1.807, 2.05) is 46.1 Å². The number of thiophene rings is 1. The van der Waals surface area contributed by atoms with Crippen LogP contribution in [0.3, 0.4) is 0 Å². The van der Waals surface area contributed by atoms with E-state index >= 15 is 0 Å². The lowest BCUT2D eigenvalue weighted by atomic mass is 9.85. The molecule has 142 valence electrons. The summed E-state index contributed by atoms with van der Waals surface area (Å²) in [5.74, 6) is -0.164. The summed E-state index contributed by atoms with van der Waals surface area (Å²) in [6.45, 7) is 3.09. The van der Waals surface area contributed by atoms with E-state index < -0.39 is 0 Å². The number of aromatic nitrogens is 1. The Bertz CT molecular complexity index is 1020. The summed E-state index contributed by atoms with van der Waals surface area (Å²) < 4.78 is 13.5. The fourth-order valence-electron chi connectivity index (χ4n) is 4.52. The van der Waals surface area contributed by atoms with Gasteiger partial charge in [-0.3, -0.25) is 14.7 Å². The third-order valence-corrected chi connectivity index (χ3v) is 6.46. The molecule has 0 unspecified atom stereocenters. The number of nitrogens with zero attached hydrogens (tertiary/aromatic N) is 3. The first-order valence-electron chi connectivity index (χ1n) is 9.41. The summed E-state index contributed by atoms with van der Waals surface area (Å²) in [4.78, 5) is 22.0. The lowest BCUT2D eigenvalue weighted by molar-refractivity contribution is 0.0985. The van der Waals surface area contributed by atoms with Crippen LogP contribution in [0, 0.1) is 5.82 Å². The molecule has 2 aliphatic rings. The van der Waals surface area contributed by atoms with Crippen LogP contribution >= 0.6 is 11.3 Å². The number of carbonyl (C=O) groups is 1. The third kappa shape index (κ3) is 2.93. The number of anilines is 1. The molecule has 1 fully saturated rings. The van der Waals surface area contributed by atoms with Crippen LogP contribution in [-0.2, 0) is 12.0 Å². The maximum Gasteiger partial charge on any atom is 0.259 e. The van der Waals surface area contributed by atoms with Gasteiger partial charge in [-0.15, -0.1) is 0 Å². The van der Waals surface area contributed by atoms with Crippen LogP contribution in [-0.4, -0.2) is 35.4 Å². The number of amides is 1. The average molecular weight is 393 g/mol. The molecule has 2 aromatic heterocycles. The molecule has 6 heteroatoms. The molecule has 1 spiro atoms. The van der Waals surface area contributed by atoms with Gasteiger partial charge in [0, 0.05) is 36.6 Å². The monoisotopic (exact) mass is 393 g/mol. The predicted octanol–water partition coefficient (Wildman–Crippen LogP) is 4.09. The van der Waals surface area contributed by atoms with Gasteiger partial charge in [0.1, 0.15) is 5.82 Å². The second kappa shape index (κ2) is 6.79. The quantitative estimate of drug-likeness (QED) is 0.673. The van der Waals surface area contributed by atoms with Gasteiger partial charge in [0.15, 0.2) is 0 Å². The Labute approximate surface area is 167 Å². The number of rotatable bonds is 3. The van der Waals surface area contributed by atoms with Crippen LogP contribution in [0.15, 0.2) is 59.4 Å². The fraction of sp³-hybridized carbons (Fsp3) is 0.273. The third-order valence-electron chi connectivity index (χ3n) is 5.78. The van der Waals surface area contributed by atoms with Gasteiger partial charge in [0.2, 0.25) is 0 Å². The van der Waals surface area contributed by atoms with Crippen LogP contribution < -0.4 is 4.90 Å². The number of pyridine rings is 1. The number of hydrogen-bond acceptors (Lipinski definition) is 4. The predicted molar refractivity (Wildman–Crippen MR) is 108 cm³/mol. The molecular weight excluding hydrogens is 373 g/mol. The van der Waals surface area contributed by atoms with E-state index in [1.165, 1.54) is 17.4 Å². The molecule has 1 atom stereocenters. The van der Waals surface area contributed by atoms with Crippen LogP contribution in [0.4, 0.5) is 10.1 Å². The highest BCUT2D eigenvalue weighted by atomic mass is 32.1. The van der Waals surface area contributed by atoms with Gasteiger partial charge < -0.3 is 4.90 Å². The largest absolute Gasteiger partial charge is 0.305 e. The Hall–Kier alpha value is -2.57. The van der Waals surface area contributed by atoms with Crippen molar-refractivity contribution < 1.29 is 9.18 Å². The molecule has 4 nitrogen and oxygen atoms in total. The minimum Gasteiger partial charge on any atom is -0.305 e. The van der Waals surface area contributed by atoms with Gasteiger partial charge >= 0.3 is 0 Å². The number of carbonyl (C=O) groups excluding carboxylic acids is 1. The smallest absolute Gasteiger partial charge is 0.259 e. The van der Waals surface area contributed by atoms with Crippen molar-refractivity contribution in [2.75, 3.05) is 24.5 Å². The molecule has 0 radical (unpaired) electrons. The van der Waals surface area contributed by atoms with E-state index in [1.54, 1.807) is 12.1 Å². The zero-order valence-electron chi connectivity index (χ0n) is 15.3. The Balaban J connectivity index is 1.42. The summed E-state index contributed by atoms with van der Waals surface area (Å²) >= 11 is 1.53. The highest BCUT2D eigenvalue weighted by molar-refractivity contribution is 7.08. The molecule has 1 saturated heterocycles. The van der Waals surface area contributed by atoms with Crippen molar-refractivity contribution in [3.8, 4) is 0 Å². The van der Waals surface area contributed by atoms with Crippen LogP contribution in [0.5, 0.6) is 0 Å². The zero-order valence-corrected chi connectivity index (χ0v) is 16.2. The van der Waals surface area contributed by atoms with Gasteiger partial charge in [-0.2, -0.15) is 11.3 Å². The van der Waals surface area contributed by atoms with Crippen LogP contribution in [0.2, 0.25) is 0 Å². The fourth-order valence-corrected chi connectivity index (χ4v) is 5.15. The molecule has 4 heterocycles.